The molecule has 3 nitrogen and oxygen atoms in total. The number of ketones is 1. The second kappa shape index (κ2) is 5.94. The van der Waals surface area contributed by atoms with E-state index >= 15 is 0 Å². The number of hydrogen-bond acceptors (Lipinski definition) is 3. The summed E-state index contributed by atoms with van der Waals surface area (Å²) in [7, 11) is 1.72. The van der Waals surface area contributed by atoms with Gasteiger partial charge < -0.3 is 9.64 Å². The van der Waals surface area contributed by atoms with Crippen molar-refractivity contribution in [2.24, 2.45) is 11.8 Å². The third-order valence-corrected chi connectivity index (χ3v) is 6.28. The molecular weight excluding hydrogens is 286 g/mol. The van der Waals surface area contributed by atoms with Crippen LogP contribution in [0.15, 0.2) is 24.3 Å². The van der Waals surface area contributed by atoms with Crippen LogP contribution < -0.4 is 4.74 Å². The van der Waals surface area contributed by atoms with Crippen LogP contribution in [-0.4, -0.2) is 37.4 Å². The van der Waals surface area contributed by atoms with Crippen LogP contribution in [0.25, 0.3) is 0 Å². The highest BCUT2D eigenvalue weighted by Gasteiger charge is 2.48. The number of likely N-dealkylation sites (tertiary alicyclic amines) is 1. The van der Waals surface area contributed by atoms with Crippen molar-refractivity contribution >= 4 is 5.78 Å². The number of carbonyl (C=O) groups is 1. The fourth-order valence-corrected chi connectivity index (χ4v) is 4.76. The van der Waals surface area contributed by atoms with Crippen molar-refractivity contribution in [1.82, 2.24) is 4.90 Å². The van der Waals surface area contributed by atoms with Crippen LogP contribution in [-0.2, 0) is 10.2 Å². The van der Waals surface area contributed by atoms with E-state index in [9.17, 15) is 4.79 Å². The zero-order valence-electron chi connectivity index (χ0n) is 14.1. The zero-order chi connectivity index (χ0) is 15.9. The minimum absolute atomic E-state index is 0.0456. The number of ether oxygens (including phenoxy) is 1. The Morgan fingerprint density at radius 2 is 2.17 bits per heavy atom. The topological polar surface area (TPSA) is 29.5 Å². The molecule has 0 unspecified atom stereocenters. The Morgan fingerprint density at radius 3 is 2.96 bits per heavy atom. The molecule has 0 N–H and O–H groups in total. The predicted octanol–water partition coefficient (Wildman–Crippen LogP) is 3.42. The van der Waals surface area contributed by atoms with Gasteiger partial charge in [-0.3, -0.25) is 4.79 Å². The van der Waals surface area contributed by atoms with Crippen molar-refractivity contribution in [2.75, 3.05) is 26.7 Å². The maximum absolute atomic E-state index is 12.3. The van der Waals surface area contributed by atoms with Gasteiger partial charge in [-0.1, -0.05) is 12.1 Å². The summed E-state index contributed by atoms with van der Waals surface area (Å²) in [6.07, 6.45) is 6.50. The monoisotopic (exact) mass is 313 g/mol. The maximum atomic E-state index is 12.3. The van der Waals surface area contributed by atoms with Gasteiger partial charge in [-0.25, -0.2) is 0 Å². The summed E-state index contributed by atoms with van der Waals surface area (Å²) in [5.41, 5.74) is 1.37. The highest BCUT2D eigenvalue weighted by atomic mass is 16.5. The highest BCUT2D eigenvalue weighted by molar-refractivity contribution is 5.81. The van der Waals surface area contributed by atoms with Crippen molar-refractivity contribution in [2.45, 2.75) is 43.9 Å². The van der Waals surface area contributed by atoms with Crippen LogP contribution in [0, 0.1) is 11.8 Å². The molecule has 0 amide bonds. The van der Waals surface area contributed by atoms with E-state index in [2.05, 4.69) is 23.1 Å². The van der Waals surface area contributed by atoms with E-state index in [1.54, 1.807) is 7.11 Å². The van der Waals surface area contributed by atoms with Crippen molar-refractivity contribution < 1.29 is 9.53 Å². The van der Waals surface area contributed by atoms with E-state index in [1.165, 1.54) is 31.5 Å². The summed E-state index contributed by atoms with van der Waals surface area (Å²) in [6, 6.07) is 8.46. The lowest BCUT2D eigenvalue weighted by atomic mass is 9.59. The molecule has 0 spiro atoms. The standard InChI is InChI=1S/C20H27NO2/c1-23-19-4-2-3-16(11-19)20-9-10-21(13-15-5-6-15)14-17(20)7-8-18(22)12-20/h2-4,11,15,17H,5-10,12-14H2,1H3/t17-,20-/m0/s1. The van der Waals surface area contributed by atoms with E-state index in [-0.39, 0.29) is 5.41 Å². The van der Waals surface area contributed by atoms with E-state index in [1.807, 2.05) is 6.07 Å². The van der Waals surface area contributed by atoms with Crippen LogP contribution in [0.4, 0.5) is 0 Å². The highest BCUT2D eigenvalue weighted by Crippen LogP contribution is 2.49. The van der Waals surface area contributed by atoms with Gasteiger partial charge in [-0.15, -0.1) is 0 Å². The van der Waals surface area contributed by atoms with Crippen molar-refractivity contribution in [1.29, 1.82) is 0 Å². The number of benzene rings is 1. The first kappa shape index (κ1) is 15.2. The first-order valence-electron chi connectivity index (χ1n) is 9.08. The molecule has 23 heavy (non-hydrogen) atoms. The van der Waals surface area contributed by atoms with E-state index in [4.69, 9.17) is 4.74 Å². The van der Waals surface area contributed by atoms with Crippen molar-refractivity contribution in [3.63, 3.8) is 0 Å². The third-order valence-electron chi connectivity index (χ3n) is 6.28. The number of nitrogens with zero attached hydrogens (tertiary/aromatic N) is 1. The fraction of sp³-hybridized carbons (Fsp3) is 0.650. The van der Waals surface area contributed by atoms with Gasteiger partial charge in [0.2, 0.25) is 0 Å². The van der Waals surface area contributed by atoms with E-state index in [0.717, 1.165) is 43.9 Å². The largest absolute Gasteiger partial charge is 0.497 e. The second-order valence-electron chi connectivity index (χ2n) is 7.79. The molecule has 2 saturated carbocycles. The lowest BCUT2D eigenvalue weighted by Gasteiger charge is -2.50. The van der Waals surface area contributed by atoms with E-state index in [0.29, 0.717) is 11.7 Å². The Hall–Kier alpha value is -1.35. The Labute approximate surface area is 139 Å². The van der Waals surface area contributed by atoms with Gasteiger partial charge >= 0.3 is 0 Å². The summed E-state index contributed by atoms with van der Waals surface area (Å²) < 4.78 is 5.44. The number of rotatable bonds is 4. The summed E-state index contributed by atoms with van der Waals surface area (Å²) in [5, 5.41) is 0. The average molecular weight is 313 g/mol. The minimum atomic E-state index is 0.0456. The molecule has 3 aliphatic rings. The number of hydrogen-bond donors (Lipinski definition) is 0. The Morgan fingerprint density at radius 1 is 1.30 bits per heavy atom. The van der Waals surface area contributed by atoms with Crippen LogP contribution in [0.1, 0.15) is 44.1 Å². The second-order valence-corrected chi connectivity index (χ2v) is 7.79. The lowest BCUT2D eigenvalue weighted by molar-refractivity contribution is -0.125. The Bertz CT molecular complexity index is 595. The number of methoxy groups -OCH3 is 1. The first-order chi connectivity index (χ1) is 11.2. The SMILES string of the molecule is COc1cccc([C@@]23CCN(CC4CC4)C[C@@H]2CCC(=O)C3)c1. The lowest BCUT2D eigenvalue weighted by Crippen LogP contribution is -2.53. The van der Waals surface area contributed by atoms with Crippen LogP contribution >= 0.6 is 0 Å². The minimum Gasteiger partial charge on any atom is -0.497 e. The fourth-order valence-electron chi connectivity index (χ4n) is 4.76. The molecule has 4 rings (SSSR count). The molecule has 3 heteroatoms. The van der Waals surface area contributed by atoms with Gasteiger partial charge in [0.1, 0.15) is 11.5 Å². The molecule has 1 saturated heterocycles. The summed E-state index contributed by atoms with van der Waals surface area (Å²) in [5.74, 6) is 2.91. The van der Waals surface area contributed by atoms with Crippen LogP contribution in [0.5, 0.6) is 5.75 Å². The van der Waals surface area contributed by atoms with Gasteiger partial charge in [-0.05, 0) is 61.8 Å². The average Bonchev–Trinajstić information content (AvgIpc) is 3.39. The molecule has 1 aromatic carbocycles. The molecule has 3 fully saturated rings. The number of fused-ring (bicyclic) bond motifs is 1. The number of piperidine rings is 1. The summed E-state index contributed by atoms with van der Waals surface area (Å²) >= 11 is 0. The first-order valence-corrected chi connectivity index (χ1v) is 9.08. The predicted molar refractivity (Wildman–Crippen MR) is 90.8 cm³/mol. The third kappa shape index (κ3) is 2.91. The molecule has 2 aliphatic carbocycles. The Kier molecular flexibility index (Phi) is 3.92. The van der Waals surface area contributed by atoms with Gasteiger partial charge in [-0.2, -0.15) is 0 Å². The normalized spacial score (nSPS) is 31.7. The van der Waals surface area contributed by atoms with Gasteiger partial charge in [0.05, 0.1) is 7.11 Å². The summed E-state index contributed by atoms with van der Waals surface area (Å²) in [6.45, 7) is 3.58. The number of carbonyl (C=O) groups excluding carboxylic acids is 1. The molecule has 1 aliphatic heterocycles. The quantitative estimate of drug-likeness (QED) is 0.853. The molecule has 1 aromatic rings. The molecule has 0 aromatic heterocycles. The molecule has 2 atom stereocenters. The molecule has 0 radical (unpaired) electrons. The van der Waals surface area contributed by atoms with Crippen LogP contribution in [0.2, 0.25) is 0 Å². The van der Waals surface area contributed by atoms with Gasteiger partial charge in [0, 0.05) is 31.3 Å². The molecule has 124 valence electrons. The van der Waals surface area contributed by atoms with Crippen molar-refractivity contribution in [3.05, 3.63) is 29.8 Å². The zero-order valence-corrected chi connectivity index (χ0v) is 14.1. The summed E-state index contributed by atoms with van der Waals surface area (Å²) in [4.78, 5) is 14.9. The Balaban J connectivity index is 1.62. The van der Waals surface area contributed by atoms with Gasteiger partial charge in [0.15, 0.2) is 0 Å². The van der Waals surface area contributed by atoms with Crippen molar-refractivity contribution in [3.8, 4) is 5.75 Å². The van der Waals surface area contributed by atoms with Crippen LogP contribution in [0.3, 0.4) is 0 Å². The molecule has 0 bridgehead atoms. The maximum Gasteiger partial charge on any atom is 0.133 e. The van der Waals surface area contributed by atoms with E-state index < -0.39 is 0 Å². The molecule has 1 heterocycles. The smallest absolute Gasteiger partial charge is 0.133 e. The van der Waals surface area contributed by atoms with Gasteiger partial charge in [0.25, 0.3) is 0 Å². The number of Topliss-reactive ketones (excluding diaryl/α,β-unsaturated/α-hetero) is 1. The molecular formula is C20H27NO2.